The van der Waals surface area contributed by atoms with Gasteiger partial charge in [0.1, 0.15) is 5.52 Å². The maximum atomic E-state index is 11.7. The lowest BCUT2D eigenvalue weighted by molar-refractivity contribution is 0.716. The minimum Gasteiger partial charge on any atom is -0.355 e. The maximum Gasteiger partial charge on any atom is 0.277 e. The summed E-state index contributed by atoms with van der Waals surface area (Å²) in [6.45, 7) is 4.51. The third-order valence-corrected chi connectivity index (χ3v) is 2.18. The van der Waals surface area contributed by atoms with Crippen LogP contribution in [0.25, 0.3) is 11.0 Å². The lowest BCUT2D eigenvalue weighted by atomic mass is 10.3. The summed E-state index contributed by atoms with van der Waals surface area (Å²) in [4.78, 5) is 18.8. The van der Waals surface area contributed by atoms with Crippen molar-refractivity contribution in [3.05, 3.63) is 28.4 Å². The molecular weight excluding hydrogens is 166 g/mol. The van der Waals surface area contributed by atoms with Gasteiger partial charge in [-0.3, -0.25) is 9.36 Å². The van der Waals surface area contributed by atoms with Crippen molar-refractivity contribution in [2.24, 2.45) is 0 Å². The van der Waals surface area contributed by atoms with Gasteiger partial charge < -0.3 is 4.98 Å². The molecule has 2 heterocycles. The molecule has 0 atom stereocenters. The third-order valence-electron chi connectivity index (χ3n) is 2.18. The van der Waals surface area contributed by atoms with E-state index in [0.29, 0.717) is 12.1 Å². The summed E-state index contributed by atoms with van der Waals surface area (Å²) < 4.78 is 1.58. The largest absolute Gasteiger partial charge is 0.355 e. The van der Waals surface area contributed by atoms with Gasteiger partial charge in [0.15, 0.2) is 0 Å². The molecule has 68 valence electrons. The molecule has 0 aliphatic carbocycles. The van der Waals surface area contributed by atoms with Crippen LogP contribution in [0, 0.1) is 6.92 Å². The van der Waals surface area contributed by atoms with Crippen LogP contribution >= 0.6 is 0 Å². The Bertz CT molecular complexity index is 495. The van der Waals surface area contributed by atoms with E-state index in [-0.39, 0.29) is 5.56 Å². The molecule has 13 heavy (non-hydrogen) atoms. The van der Waals surface area contributed by atoms with Crippen LogP contribution in [0.4, 0.5) is 0 Å². The van der Waals surface area contributed by atoms with Gasteiger partial charge in [-0.2, -0.15) is 0 Å². The molecule has 0 aromatic carbocycles. The SMILES string of the molecule is CCn1cnc2c(C)c[nH]c2c1=O. The molecule has 1 N–H and O–H groups in total. The lowest BCUT2D eigenvalue weighted by Crippen LogP contribution is -2.19. The van der Waals surface area contributed by atoms with Crippen LogP contribution in [0.15, 0.2) is 17.3 Å². The molecule has 4 nitrogen and oxygen atoms in total. The summed E-state index contributed by atoms with van der Waals surface area (Å²) in [6.07, 6.45) is 3.39. The fourth-order valence-corrected chi connectivity index (χ4v) is 1.39. The second-order valence-electron chi connectivity index (χ2n) is 3.03. The first kappa shape index (κ1) is 8.04. The number of hydrogen-bond acceptors (Lipinski definition) is 2. The van der Waals surface area contributed by atoms with Crippen LogP contribution in [-0.4, -0.2) is 14.5 Å². The molecule has 0 fully saturated rings. The highest BCUT2D eigenvalue weighted by Gasteiger charge is 2.05. The van der Waals surface area contributed by atoms with Crippen molar-refractivity contribution < 1.29 is 0 Å². The molecule has 4 heteroatoms. The lowest BCUT2D eigenvalue weighted by Gasteiger charge is -1.99. The standard InChI is InChI=1S/C9H11N3O/c1-3-12-5-11-7-6(2)4-10-8(7)9(12)13/h4-5,10H,3H2,1-2H3. The van der Waals surface area contributed by atoms with E-state index >= 15 is 0 Å². The zero-order valence-electron chi connectivity index (χ0n) is 7.66. The molecule has 0 aliphatic heterocycles. The molecule has 0 saturated carbocycles. The van der Waals surface area contributed by atoms with Crippen LogP contribution in [0.3, 0.4) is 0 Å². The van der Waals surface area contributed by atoms with E-state index in [9.17, 15) is 4.79 Å². The molecule has 0 bridgehead atoms. The average molecular weight is 177 g/mol. The summed E-state index contributed by atoms with van der Waals surface area (Å²) in [5, 5.41) is 0. The summed E-state index contributed by atoms with van der Waals surface area (Å²) >= 11 is 0. The highest BCUT2D eigenvalue weighted by atomic mass is 16.1. The number of aryl methyl sites for hydroxylation is 2. The van der Waals surface area contributed by atoms with Gasteiger partial charge in [-0.25, -0.2) is 4.98 Å². The van der Waals surface area contributed by atoms with Crippen molar-refractivity contribution in [3.8, 4) is 0 Å². The second kappa shape index (κ2) is 2.73. The van der Waals surface area contributed by atoms with E-state index in [2.05, 4.69) is 9.97 Å². The number of aromatic nitrogens is 3. The third kappa shape index (κ3) is 1.06. The van der Waals surface area contributed by atoms with E-state index < -0.39 is 0 Å². The number of aromatic amines is 1. The Hall–Kier alpha value is -1.58. The number of nitrogens with zero attached hydrogens (tertiary/aromatic N) is 2. The summed E-state index contributed by atoms with van der Waals surface area (Å²) in [7, 11) is 0. The van der Waals surface area contributed by atoms with Gasteiger partial charge in [-0.05, 0) is 19.4 Å². The first-order valence-electron chi connectivity index (χ1n) is 4.27. The highest BCUT2D eigenvalue weighted by Crippen LogP contribution is 2.09. The minimum absolute atomic E-state index is 0.000556. The van der Waals surface area contributed by atoms with Gasteiger partial charge in [0.05, 0.1) is 11.8 Å². The zero-order chi connectivity index (χ0) is 9.42. The smallest absolute Gasteiger partial charge is 0.277 e. The van der Waals surface area contributed by atoms with Crippen molar-refractivity contribution in [1.29, 1.82) is 0 Å². The molecular formula is C9H11N3O. The Morgan fingerprint density at radius 3 is 3.08 bits per heavy atom. The molecule has 0 unspecified atom stereocenters. The monoisotopic (exact) mass is 177 g/mol. The Kier molecular flexibility index (Phi) is 1.69. The second-order valence-corrected chi connectivity index (χ2v) is 3.03. The fourth-order valence-electron chi connectivity index (χ4n) is 1.39. The summed E-state index contributed by atoms with van der Waals surface area (Å²) in [5.74, 6) is 0. The first-order valence-corrected chi connectivity index (χ1v) is 4.27. The van der Waals surface area contributed by atoms with E-state index in [4.69, 9.17) is 0 Å². The van der Waals surface area contributed by atoms with E-state index in [1.165, 1.54) is 0 Å². The molecule has 0 saturated heterocycles. The number of hydrogen-bond donors (Lipinski definition) is 1. The Morgan fingerprint density at radius 2 is 2.38 bits per heavy atom. The molecule has 2 rings (SSSR count). The van der Waals surface area contributed by atoms with Crippen LogP contribution in [-0.2, 0) is 6.54 Å². The van der Waals surface area contributed by atoms with Crippen LogP contribution in [0.1, 0.15) is 12.5 Å². The number of rotatable bonds is 1. The van der Waals surface area contributed by atoms with Crippen molar-refractivity contribution in [1.82, 2.24) is 14.5 Å². The van der Waals surface area contributed by atoms with Gasteiger partial charge in [-0.15, -0.1) is 0 Å². The zero-order valence-corrected chi connectivity index (χ0v) is 7.66. The van der Waals surface area contributed by atoms with E-state index in [1.807, 2.05) is 13.8 Å². The topological polar surface area (TPSA) is 50.7 Å². The van der Waals surface area contributed by atoms with Gasteiger partial charge in [0, 0.05) is 12.7 Å². The van der Waals surface area contributed by atoms with Crippen molar-refractivity contribution in [3.63, 3.8) is 0 Å². The van der Waals surface area contributed by atoms with Gasteiger partial charge >= 0.3 is 0 Å². The first-order chi connectivity index (χ1) is 6.24. The predicted octanol–water partition coefficient (Wildman–Crippen LogP) is 1.05. The Morgan fingerprint density at radius 1 is 1.62 bits per heavy atom. The number of nitrogens with one attached hydrogen (secondary N) is 1. The van der Waals surface area contributed by atoms with Gasteiger partial charge in [0.2, 0.25) is 0 Å². The molecule has 2 aromatic heterocycles. The van der Waals surface area contributed by atoms with Crippen molar-refractivity contribution in [2.75, 3.05) is 0 Å². The summed E-state index contributed by atoms with van der Waals surface area (Å²) in [6, 6.07) is 0. The van der Waals surface area contributed by atoms with Crippen molar-refractivity contribution in [2.45, 2.75) is 20.4 Å². The maximum absolute atomic E-state index is 11.7. The van der Waals surface area contributed by atoms with Gasteiger partial charge in [0.25, 0.3) is 5.56 Å². The molecule has 0 radical (unpaired) electrons. The summed E-state index contributed by atoms with van der Waals surface area (Å²) in [5.41, 5.74) is 2.38. The van der Waals surface area contributed by atoms with Crippen molar-refractivity contribution >= 4 is 11.0 Å². The fraction of sp³-hybridized carbons (Fsp3) is 0.333. The minimum atomic E-state index is 0.000556. The quantitative estimate of drug-likeness (QED) is 0.707. The predicted molar refractivity (Wildman–Crippen MR) is 50.8 cm³/mol. The Balaban J connectivity index is 2.88. The van der Waals surface area contributed by atoms with Crippen LogP contribution in [0.2, 0.25) is 0 Å². The molecule has 0 spiro atoms. The van der Waals surface area contributed by atoms with E-state index in [1.54, 1.807) is 17.1 Å². The number of H-pyrrole nitrogens is 1. The number of fused-ring (bicyclic) bond motifs is 1. The van der Waals surface area contributed by atoms with Crippen LogP contribution in [0.5, 0.6) is 0 Å². The molecule has 2 aromatic rings. The van der Waals surface area contributed by atoms with Gasteiger partial charge in [-0.1, -0.05) is 0 Å². The Labute approximate surface area is 75.2 Å². The normalized spacial score (nSPS) is 10.9. The van der Waals surface area contributed by atoms with Crippen LogP contribution < -0.4 is 5.56 Å². The molecule has 0 amide bonds. The van der Waals surface area contributed by atoms with E-state index in [0.717, 1.165) is 11.1 Å². The highest BCUT2D eigenvalue weighted by molar-refractivity contribution is 5.77. The average Bonchev–Trinajstić information content (AvgIpc) is 2.50. The molecule has 0 aliphatic rings.